The Morgan fingerprint density at radius 2 is 1.92 bits per heavy atom. The Morgan fingerprint density at radius 1 is 1.15 bits per heavy atom. The van der Waals surface area contributed by atoms with Crippen molar-refractivity contribution in [1.82, 2.24) is 15.3 Å². The molecule has 0 saturated carbocycles. The zero-order valence-corrected chi connectivity index (χ0v) is 17.2. The number of thiazole rings is 1. The zero-order valence-electron chi connectivity index (χ0n) is 14.0. The van der Waals surface area contributed by atoms with Gasteiger partial charge in [0.15, 0.2) is 0 Å². The van der Waals surface area contributed by atoms with Crippen LogP contribution in [0.5, 0.6) is 0 Å². The molecule has 0 radical (unpaired) electrons. The first-order valence-electron chi connectivity index (χ1n) is 8.20. The largest absolute Gasteiger partial charge is 0.355 e. The summed E-state index contributed by atoms with van der Waals surface area (Å²) in [7, 11) is 0. The Bertz CT molecular complexity index is 838. The maximum Gasteiger partial charge on any atom is 0.230 e. The van der Waals surface area contributed by atoms with Crippen LogP contribution in [0.2, 0.25) is 0 Å². The van der Waals surface area contributed by atoms with Gasteiger partial charge in [0.05, 0.1) is 16.5 Å². The van der Waals surface area contributed by atoms with E-state index in [-0.39, 0.29) is 5.91 Å². The van der Waals surface area contributed by atoms with E-state index in [0.29, 0.717) is 12.3 Å². The van der Waals surface area contributed by atoms with E-state index in [4.69, 9.17) is 0 Å². The highest BCUT2D eigenvalue weighted by molar-refractivity contribution is 9.10. The van der Waals surface area contributed by atoms with Gasteiger partial charge in [0.2, 0.25) is 5.91 Å². The molecule has 7 heteroatoms. The molecule has 2 heterocycles. The average Bonchev–Trinajstić information content (AvgIpc) is 3.14. The molecule has 0 bridgehead atoms. The number of aryl methyl sites for hydroxylation is 1. The number of benzene rings is 1. The second-order valence-electron chi connectivity index (χ2n) is 5.56. The molecule has 3 rings (SSSR count). The van der Waals surface area contributed by atoms with E-state index in [0.717, 1.165) is 38.5 Å². The van der Waals surface area contributed by atoms with Gasteiger partial charge in [-0.1, -0.05) is 15.9 Å². The molecular formula is C19H18BrN3OS2. The summed E-state index contributed by atoms with van der Waals surface area (Å²) in [5.41, 5.74) is 2.07. The summed E-state index contributed by atoms with van der Waals surface area (Å²) in [4.78, 5) is 21.7. The monoisotopic (exact) mass is 447 g/mol. The minimum absolute atomic E-state index is 0.0644. The van der Waals surface area contributed by atoms with Crippen LogP contribution in [0, 0.1) is 0 Å². The smallest absolute Gasteiger partial charge is 0.230 e. The fourth-order valence-electron chi connectivity index (χ4n) is 2.28. The maximum absolute atomic E-state index is 11.9. The molecule has 0 aliphatic rings. The van der Waals surface area contributed by atoms with Crippen molar-refractivity contribution in [2.45, 2.75) is 17.7 Å². The van der Waals surface area contributed by atoms with Gasteiger partial charge in [-0.2, -0.15) is 0 Å². The van der Waals surface area contributed by atoms with Gasteiger partial charge >= 0.3 is 0 Å². The second kappa shape index (κ2) is 9.85. The standard InChI is InChI=1S/C19H18BrN3OS2/c20-15-3-5-16(6-4-15)25-13-18(24)22-9-1-2-19-23-17(12-26-19)14-7-10-21-11-8-14/h3-8,10-12H,1-2,9,13H2,(H,22,24). The third-order valence-corrected chi connectivity index (χ3v) is 6.05. The third kappa shape index (κ3) is 5.93. The van der Waals surface area contributed by atoms with Crippen LogP contribution in [0.25, 0.3) is 11.3 Å². The van der Waals surface area contributed by atoms with Crippen LogP contribution in [0.3, 0.4) is 0 Å². The zero-order chi connectivity index (χ0) is 18.2. The van der Waals surface area contributed by atoms with Crippen molar-refractivity contribution >= 4 is 44.9 Å². The first-order valence-corrected chi connectivity index (χ1v) is 10.9. The van der Waals surface area contributed by atoms with Gasteiger partial charge in [-0.25, -0.2) is 4.98 Å². The first-order chi connectivity index (χ1) is 12.7. The summed E-state index contributed by atoms with van der Waals surface area (Å²) in [6.07, 6.45) is 5.31. The van der Waals surface area contributed by atoms with Crippen LogP contribution in [-0.4, -0.2) is 28.2 Å². The van der Waals surface area contributed by atoms with Gasteiger partial charge in [-0.05, 0) is 42.8 Å². The summed E-state index contributed by atoms with van der Waals surface area (Å²) < 4.78 is 1.04. The highest BCUT2D eigenvalue weighted by Crippen LogP contribution is 2.22. The highest BCUT2D eigenvalue weighted by Gasteiger charge is 2.06. The van der Waals surface area contributed by atoms with E-state index >= 15 is 0 Å². The third-order valence-electron chi connectivity index (χ3n) is 3.60. The molecule has 0 aliphatic heterocycles. The maximum atomic E-state index is 11.9. The van der Waals surface area contributed by atoms with Crippen molar-refractivity contribution in [3.63, 3.8) is 0 Å². The molecule has 0 spiro atoms. The normalized spacial score (nSPS) is 10.7. The molecule has 0 aliphatic carbocycles. The SMILES string of the molecule is O=C(CSc1ccc(Br)cc1)NCCCc1nc(-c2ccncc2)cs1. The predicted octanol–water partition coefficient (Wildman–Crippen LogP) is 4.81. The van der Waals surface area contributed by atoms with E-state index < -0.39 is 0 Å². The predicted molar refractivity (Wildman–Crippen MR) is 112 cm³/mol. The Balaban J connectivity index is 1.35. The quantitative estimate of drug-likeness (QED) is 0.397. The van der Waals surface area contributed by atoms with Crippen molar-refractivity contribution in [3.05, 3.63) is 63.7 Å². The minimum Gasteiger partial charge on any atom is -0.355 e. The fourth-order valence-corrected chi connectivity index (χ4v) is 4.12. The van der Waals surface area contributed by atoms with E-state index in [9.17, 15) is 4.79 Å². The Labute approximate surface area is 169 Å². The van der Waals surface area contributed by atoms with Gasteiger partial charge in [-0.15, -0.1) is 23.1 Å². The van der Waals surface area contributed by atoms with E-state index in [1.54, 1.807) is 35.5 Å². The lowest BCUT2D eigenvalue weighted by molar-refractivity contribution is -0.118. The first kappa shape index (κ1) is 19.1. The molecular weight excluding hydrogens is 430 g/mol. The minimum atomic E-state index is 0.0644. The lowest BCUT2D eigenvalue weighted by Crippen LogP contribution is -2.26. The van der Waals surface area contributed by atoms with Crippen LogP contribution < -0.4 is 5.32 Å². The number of halogens is 1. The number of rotatable bonds is 8. The summed E-state index contributed by atoms with van der Waals surface area (Å²) >= 11 is 6.61. The number of hydrogen-bond donors (Lipinski definition) is 1. The Kier molecular flexibility index (Phi) is 7.22. The number of hydrogen-bond acceptors (Lipinski definition) is 5. The molecule has 3 aromatic rings. The molecule has 0 atom stereocenters. The topological polar surface area (TPSA) is 54.9 Å². The van der Waals surface area contributed by atoms with E-state index in [1.165, 1.54) is 0 Å². The number of pyridine rings is 1. The number of amides is 1. The lowest BCUT2D eigenvalue weighted by atomic mass is 10.2. The lowest BCUT2D eigenvalue weighted by Gasteiger charge is -2.04. The van der Waals surface area contributed by atoms with Crippen molar-refractivity contribution in [3.8, 4) is 11.3 Å². The number of nitrogens with zero attached hydrogens (tertiary/aromatic N) is 2. The van der Waals surface area contributed by atoms with Gasteiger partial charge in [0.25, 0.3) is 0 Å². The summed E-state index contributed by atoms with van der Waals surface area (Å²) in [6.45, 7) is 0.671. The second-order valence-corrected chi connectivity index (χ2v) is 8.47. The van der Waals surface area contributed by atoms with E-state index in [1.807, 2.05) is 36.4 Å². The van der Waals surface area contributed by atoms with Crippen LogP contribution in [0.15, 0.2) is 63.5 Å². The molecule has 1 amide bonds. The van der Waals surface area contributed by atoms with E-state index in [2.05, 4.69) is 36.6 Å². The number of thioether (sulfide) groups is 1. The molecule has 0 saturated heterocycles. The van der Waals surface area contributed by atoms with Crippen LogP contribution in [-0.2, 0) is 11.2 Å². The van der Waals surface area contributed by atoms with Gasteiger partial charge in [0.1, 0.15) is 0 Å². The molecule has 0 unspecified atom stereocenters. The van der Waals surface area contributed by atoms with Gasteiger partial charge < -0.3 is 5.32 Å². The Hall–Kier alpha value is -1.70. The number of aromatic nitrogens is 2. The molecule has 2 aromatic heterocycles. The molecule has 1 N–H and O–H groups in total. The molecule has 4 nitrogen and oxygen atoms in total. The number of carbonyl (C=O) groups excluding carboxylic acids is 1. The van der Waals surface area contributed by atoms with Crippen LogP contribution in [0.1, 0.15) is 11.4 Å². The van der Waals surface area contributed by atoms with Crippen LogP contribution in [0.4, 0.5) is 0 Å². The number of carbonyl (C=O) groups is 1. The number of nitrogens with one attached hydrogen (secondary N) is 1. The average molecular weight is 448 g/mol. The van der Waals surface area contributed by atoms with Crippen molar-refractivity contribution in [1.29, 1.82) is 0 Å². The van der Waals surface area contributed by atoms with Crippen molar-refractivity contribution < 1.29 is 4.79 Å². The molecule has 1 aromatic carbocycles. The summed E-state index contributed by atoms with van der Waals surface area (Å²) in [5.74, 6) is 0.500. The molecule has 0 fully saturated rings. The van der Waals surface area contributed by atoms with Crippen molar-refractivity contribution in [2.24, 2.45) is 0 Å². The van der Waals surface area contributed by atoms with Gasteiger partial charge in [0, 0.05) is 45.7 Å². The highest BCUT2D eigenvalue weighted by atomic mass is 79.9. The van der Waals surface area contributed by atoms with Gasteiger partial charge in [-0.3, -0.25) is 9.78 Å². The Morgan fingerprint density at radius 3 is 2.69 bits per heavy atom. The summed E-state index contributed by atoms with van der Waals surface area (Å²) in [6, 6.07) is 11.9. The van der Waals surface area contributed by atoms with Crippen LogP contribution >= 0.6 is 39.0 Å². The fraction of sp³-hybridized carbons (Fsp3) is 0.211. The molecule has 134 valence electrons. The molecule has 26 heavy (non-hydrogen) atoms. The van der Waals surface area contributed by atoms with Crippen molar-refractivity contribution in [2.75, 3.05) is 12.3 Å². The summed E-state index contributed by atoms with van der Waals surface area (Å²) in [5, 5.41) is 6.13.